The van der Waals surface area contributed by atoms with E-state index >= 15 is 0 Å². The van der Waals surface area contributed by atoms with Crippen LogP contribution in [-0.2, 0) is 11.2 Å². The summed E-state index contributed by atoms with van der Waals surface area (Å²) in [5.74, 6) is -0.794. The lowest BCUT2D eigenvalue weighted by Crippen LogP contribution is -2.13. The van der Waals surface area contributed by atoms with Crippen molar-refractivity contribution in [2.75, 3.05) is 19.0 Å². The number of aryl methyl sites for hydroxylation is 1. The molecule has 0 saturated heterocycles. The number of carboxylic acid groups (broad SMARTS) is 1. The molecule has 1 rings (SSSR count). The molecular formula is C11H15NO2. The Kier molecular flexibility index (Phi) is 3.12. The van der Waals surface area contributed by atoms with E-state index in [1.54, 1.807) is 0 Å². The molecule has 0 aliphatic rings. The number of rotatable bonds is 3. The average Bonchev–Trinajstić information content (AvgIpc) is 2.07. The first-order valence-electron chi connectivity index (χ1n) is 4.49. The van der Waals surface area contributed by atoms with Crippen LogP contribution < -0.4 is 4.90 Å². The summed E-state index contributed by atoms with van der Waals surface area (Å²) in [6.45, 7) is 2.00. The molecule has 3 heteroatoms. The van der Waals surface area contributed by atoms with Crippen molar-refractivity contribution in [2.45, 2.75) is 13.3 Å². The predicted octanol–water partition coefficient (Wildman–Crippen LogP) is 1.69. The van der Waals surface area contributed by atoms with Crippen molar-refractivity contribution in [1.82, 2.24) is 0 Å². The molecule has 0 unspecified atom stereocenters. The summed E-state index contributed by atoms with van der Waals surface area (Å²) in [4.78, 5) is 12.5. The number of anilines is 1. The van der Waals surface area contributed by atoms with Crippen LogP contribution in [0.2, 0.25) is 0 Å². The number of aliphatic carboxylic acids is 1. The molecule has 0 aromatic heterocycles. The maximum atomic E-state index is 10.6. The molecule has 0 heterocycles. The Morgan fingerprint density at radius 2 is 2.07 bits per heavy atom. The molecule has 0 radical (unpaired) electrons. The van der Waals surface area contributed by atoms with Gasteiger partial charge in [-0.3, -0.25) is 4.79 Å². The van der Waals surface area contributed by atoms with E-state index in [2.05, 4.69) is 0 Å². The highest BCUT2D eigenvalue weighted by atomic mass is 16.4. The van der Waals surface area contributed by atoms with Crippen LogP contribution in [0.15, 0.2) is 18.2 Å². The van der Waals surface area contributed by atoms with E-state index in [1.165, 1.54) is 0 Å². The second kappa shape index (κ2) is 4.13. The van der Waals surface area contributed by atoms with Crippen molar-refractivity contribution in [1.29, 1.82) is 0 Å². The molecule has 14 heavy (non-hydrogen) atoms. The second-order valence-electron chi connectivity index (χ2n) is 3.60. The molecule has 0 bridgehead atoms. The molecule has 3 nitrogen and oxygen atoms in total. The molecule has 1 N–H and O–H groups in total. The molecule has 76 valence electrons. The van der Waals surface area contributed by atoms with Crippen molar-refractivity contribution in [3.8, 4) is 0 Å². The Morgan fingerprint density at radius 1 is 1.43 bits per heavy atom. The molecule has 1 aromatic carbocycles. The number of carboxylic acids is 1. The number of hydrogen-bond donors (Lipinski definition) is 1. The summed E-state index contributed by atoms with van der Waals surface area (Å²) in [5.41, 5.74) is 2.98. The largest absolute Gasteiger partial charge is 0.481 e. The van der Waals surface area contributed by atoms with Gasteiger partial charge < -0.3 is 10.0 Å². The quantitative estimate of drug-likeness (QED) is 0.794. The van der Waals surface area contributed by atoms with E-state index in [0.29, 0.717) is 0 Å². The Balaban J connectivity index is 3.08. The van der Waals surface area contributed by atoms with E-state index in [-0.39, 0.29) is 6.42 Å². The third-order valence-electron chi connectivity index (χ3n) is 2.06. The van der Waals surface area contributed by atoms with Crippen molar-refractivity contribution >= 4 is 11.7 Å². The zero-order chi connectivity index (χ0) is 10.7. The van der Waals surface area contributed by atoms with Crippen molar-refractivity contribution in [3.05, 3.63) is 29.3 Å². The molecule has 0 saturated carbocycles. The second-order valence-corrected chi connectivity index (χ2v) is 3.60. The molecule has 0 aliphatic heterocycles. The van der Waals surface area contributed by atoms with Crippen LogP contribution in [0.25, 0.3) is 0 Å². The van der Waals surface area contributed by atoms with Gasteiger partial charge in [0.1, 0.15) is 0 Å². The minimum absolute atomic E-state index is 0.0772. The van der Waals surface area contributed by atoms with E-state index in [4.69, 9.17) is 5.11 Å². The fourth-order valence-corrected chi connectivity index (χ4v) is 1.40. The highest BCUT2D eigenvalue weighted by molar-refractivity contribution is 5.73. The highest BCUT2D eigenvalue weighted by Crippen LogP contribution is 2.20. The van der Waals surface area contributed by atoms with Crippen LogP contribution in [0.5, 0.6) is 0 Å². The van der Waals surface area contributed by atoms with Crippen molar-refractivity contribution < 1.29 is 9.90 Å². The Hall–Kier alpha value is -1.51. The first kappa shape index (κ1) is 10.6. The lowest BCUT2D eigenvalue weighted by atomic mass is 10.1. The summed E-state index contributed by atoms with van der Waals surface area (Å²) in [7, 11) is 3.83. The van der Waals surface area contributed by atoms with Crippen LogP contribution in [0.4, 0.5) is 5.69 Å². The maximum absolute atomic E-state index is 10.6. The van der Waals surface area contributed by atoms with E-state index in [9.17, 15) is 4.79 Å². The number of hydrogen-bond acceptors (Lipinski definition) is 2. The molecule has 1 aromatic rings. The lowest BCUT2D eigenvalue weighted by Gasteiger charge is -2.17. The van der Waals surface area contributed by atoms with Gasteiger partial charge >= 0.3 is 5.97 Å². The van der Waals surface area contributed by atoms with Crippen LogP contribution in [0.3, 0.4) is 0 Å². The summed E-state index contributed by atoms with van der Waals surface area (Å²) < 4.78 is 0. The van der Waals surface area contributed by atoms with Crippen LogP contribution in [0, 0.1) is 6.92 Å². The smallest absolute Gasteiger partial charge is 0.307 e. The van der Waals surface area contributed by atoms with Gasteiger partial charge in [-0.05, 0) is 24.1 Å². The zero-order valence-electron chi connectivity index (χ0n) is 8.74. The molecule has 0 spiro atoms. The first-order valence-corrected chi connectivity index (χ1v) is 4.49. The van der Waals surface area contributed by atoms with Gasteiger partial charge in [-0.1, -0.05) is 12.1 Å². The fraction of sp³-hybridized carbons (Fsp3) is 0.364. The standard InChI is InChI=1S/C11H15NO2/c1-8-4-5-9(7-11(13)14)10(6-8)12(2)3/h4-6H,7H2,1-3H3,(H,13,14). The molecule has 0 aliphatic carbocycles. The highest BCUT2D eigenvalue weighted by Gasteiger charge is 2.08. The number of nitrogens with zero attached hydrogens (tertiary/aromatic N) is 1. The normalized spacial score (nSPS) is 9.93. The van der Waals surface area contributed by atoms with E-state index in [0.717, 1.165) is 16.8 Å². The van der Waals surface area contributed by atoms with Gasteiger partial charge in [0.05, 0.1) is 6.42 Å². The number of carbonyl (C=O) groups is 1. The van der Waals surface area contributed by atoms with Gasteiger partial charge in [0.25, 0.3) is 0 Å². The Bertz CT molecular complexity index is 345. The molecule has 0 amide bonds. The molecule has 0 atom stereocenters. The summed E-state index contributed by atoms with van der Waals surface area (Å²) in [6, 6.07) is 5.81. The van der Waals surface area contributed by atoms with Gasteiger partial charge in [0.2, 0.25) is 0 Å². The number of benzene rings is 1. The van der Waals surface area contributed by atoms with Gasteiger partial charge in [-0.25, -0.2) is 0 Å². The first-order chi connectivity index (χ1) is 6.50. The average molecular weight is 193 g/mol. The third kappa shape index (κ3) is 2.49. The molecular weight excluding hydrogens is 178 g/mol. The maximum Gasteiger partial charge on any atom is 0.307 e. The van der Waals surface area contributed by atoms with Crippen LogP contribution in [-0.4, -0.2) is 25.2 Å². The van der Waals surface area contributed by atoms with Crippen molar-refractivity contribution in [2.24, 2.45) is 0 Å². The lowest BCUT2D eigenvalue weighted by molar-refractivity contribution is -0.136. The van der Waals surface area contributed by atoms with Gasteiger partial charge in [-0.2, -0.15) is 0 Å². The van der Waals surface area contributed by atoms with Crippen molar-refractivity contribution in [3.63, 3.8) is 0 Å². The minimum Gasteiger partial charge on any atom is -0.481 e. The predicted molar refractivity (Wildman–Crippen MR) is 56.8 cm³/mol. The topological polar surface area (TPSA) is 40.5 Å². The van der Waals surface area contributed by atoms with Gasteiger partial charge in [0.15, 0.2) is 0 Å². The van der Waals surface area contributed by atoms with Gasteiger partial charge in [0, 0.05) is 19.8 Å². The summed E-state index contributed by atoms with van der Waals surface area (Å²) >= 11 is 0. The zero-order valence-corrected chi connectivity index (χ0v) is 8.74. The summed E-state index contributed by atoms with van der Waals surface area (Å²) in [5, 5.41) is 8.72. The SMILES string of the molecule is Cc1ccc(CC(=O)O)c(N(C)C)c1. The van der Waals surface area contributed by atoms with Crippen LogP contribution in [0.1, 0.15) is 11.1 Å². The fourth-order valence-electron chi connectivity index (χ4n) is 1.40. The Morgan fingerprint density at radius 3 is 2.57 bits per heavy atom. The van der Waals surface area contributed by atoms with Gasteiger partial charge in [-0.15, -0.1) is 0 Å². The Labute approximate surface area is 84.0 Å². The molecule has 0 fully saturated rings. The monoisotopic (exact) mass is 193 g/mol. The van der Waals surface area contributed by atoms with E-state index in [1.807, 2.05) is 44.1 Å². The summed E-state index contributed by atoms with van der Waals surface area (Å²) in [6.07, 6.45) is 0.0772. The van der Waals surface area contributed by atoms with E-state index < -0.39 is 5.97 Å². The minimum atomic E-state index is -0.794. The van der Waals surface area contributed by atoms with Crippen LogP contribution >= 0.6 is 0 Å². The third-order valence-corrected chi connectivity index (χ3v) is 2.06.